The number of rotatable bonds is 4. The van der Waals surface area contributed by atoms with Crippen molar-refractivity contribution in [1.29, 1.82) is 0 Å². The first-order valence-electron chi connectivity index (χ1n) is 5.32. The molecule has 0 aliphatic rings. The molecule has 110 valence electrons. The molecule has 0 saturated carbocycles. The molecule has 8 heteroatoms. The third-order valence-electron chi connectivity index (χ3n) is 2.16. The molecule has 1 rings (SSSR count). The molecule has 3 nitrogen and oxygen atoms in total. The van der Waals surface area contributed by atoms with Crippen molar-refractivity contribution in [3.05, 3.63) is 34.2 Å². The van der Waals surface area contributed by atoms with Crippen molar-refractivity contribution < 1.29 is 14.3 Å². The number of carbonyl (C=O) groups is 1. The topological polar surface area (TPSA) is 35.5 Å². The van der Waals surface area contributed by atoms with E-state index >= 15 is 0 Å². The molecule has 1 aromatic rings. The van der Waals surface area contributed by atoms with Crippen molar-refractivity contribution in [1.82, 2.24) is 0 Å². The SMILES string of the molecule is CCC=C(Oc1c(Br)c(Br)c(Br)c(Br)c1Br)C(=O)OC. The predicted octanol–water partition coefficient (Wildman–Crippen LogP) is 6.34. The quantitative estimate of drug-likeness (QED) is 0.133. The lowest BCUT2D eigenvalue weighted by Gasteiger charge is -2.15. The molecule has 0 heterocycles. The molecule has 0 unspecified atom stereocenters. The van der Waals surface area contributed by atoms with Crippen LogP contribution in [0.2, 0.25) is 0 Å². The number of hydrogen-bond acceptors (Lipinski definition) is 3. The zero-order valence-electron chi connectivity index (χ0n) is 10.4. The summed E-state index contributed by atoms with van der Waals surface area (Å²) in [7, 11) is 1.31. The van der Waals surface area contributed by atoms with Crippen molar-refractivity contribution in [2.24, 2.45) is 0 Å². The number of benzene rings is 1. The summed E-state index contributed by atoms with van der Waals surface area (Å²) in [6.07, 6.45) is 2.31. The Morgan fingerprint density at radius 3 is 1.85 bits per heavy atom. The largest absolute Gasteiger partial charge is 0.463 e. The number of halogens is 5. The van der Waals surface area contributed by atoms with E-state index in [-0.39, 0.29) is 5.76 Å². The van der Waals surface area contributed by atoms with Gasteiger partial charge in [0.15, 0.2) is 5.75 Å². The first kappa shape index (κ1) is 18.7. The van der Waals surface area contributed by atoms with Gasteiger partial charge in [-0.3, -0.25) is 0 Å². The number of hydrogen-bond donors (Lipinski definition) is 0. The summed E-state index contributed by atoms with van der Waals surface area (Å²) < 4.78 is 14.1. The highest BCUT2D eigenvalue weighted by molar-refractivity contribution is 9.15. The maximum absolute atomic E-state index is 11.7. The monoisotopic (exact) mass is 596 g/mol. The maximum atomic E-state index is 11.7. The van der Waals surface area contributed by atoms with E-state index in [9.17, 15) is 4.79 Å². The first-order chi connectivity index (χ1) is 9.34. The molecular weight excluding hydrogens is 592 g/mol. The van der Waals surface area contributed by atoms with Crippen molar-refractivity contribution in [3.63, 3.8) is 0 Å². The van der Waals surface area contributed by atoms with Gasteiger partial charge in [-0.2, -0.15) is 0 Å². The molecule has 0 atom stereocenters. The maximum Gasteiger partial charge on any atom is 0.373 e. The molecule has 0 aromatic heterocycles. The molecule has 0 saturated heterocycles. The van der Waals surface area contributed by atoms with Crippen LogP contribution in [-0.4, -0.2) is 13.1 Å². The number of esters is 1. The van der Waals surface area contributed by atoms with E-state index in [1.165, 1.54) is 7.11 Å². The Hall–Kier alpha value is 0.630. The summed E-state index contributed by atoms with van der Waals surface area (Å²) >= 11 is 17.2. The Labute approximate surface area is 159 Å². The standard InChI is InChI=1S/C12H9Br5O3/c1-3-4-5(12(18)19-2)20-11-9(16)7(14)6(13)8(15)10(11)17/h4H,3H2,1-2H3. The molecule has 0 aliphatic carbocycles. The van der Waals surface area contributed by atoms with Crippen LogP contribution < -0.4 is 4.74 Å². The molecule has 0 aliphatic heterocycles. The summed E-state index contributed by atoms with van der Waals surface area (Å²) in [5.41, 5.74) is 0. The van der Waals surface area contributed by atoms with Crippen LogP contribution in [0.4, 0.5) is 0 Å². The summed E-state index contributed by atoms with van der Waals surface area (Å²) in [5.74, 6) is 0.0791. The number of carbonyl (C=O) groups excluding carboxylic acids is 1. The van der Waals surface area contributed by atoms with Crippen molar-refractivity contribution in [3.8, 4) is 5.75 Å². The Morgan fingerprint density at radius 2 is 1.45 bits per heavy atom. The second-order valence-corrected chi connectivity index (χ2v) is 7.43. The van der Waals surface area contributed by atoms with E-state index in [2.05, 4.69) is 79.6 Å². The van der Waals surface area contributed by atoms with Crippen molar-refractivity contribution in [2.45, 2.75) is 13.3 Å². The minimum absolute atomic E-state index is 0.137. The van der Waals surface area contributed by atoms with Gasteiger partial charge < -0.3 is 9.47 Å². The van der Waals surface area contributed by atoms with Crippen molar-refractivity contribution in [2.75, 3.05) is 7.11 Å². The van der Waals surface area contributed by atoms with E-state index in [4.69, 9.17) is 9.47 Å². The van der Waals surface area contributed by atoms with E-state index < -0.39 is 5.97 Å². The van der Waals surface area contributed by atoms with Gasteiger partial charge in [0.1, 0.15) is 0 Å². The molecule has 1 aromatic carbocycles. The minimum atomic E-state index is -0.527. The third-order valence-corrected chi connectivity index (χ3v) is 8.18. The van der Waals surface area contributed by atoms with Crippen LogP contribution >= 0.6 is 79.6 Å². The number of ether oxygens (including phenoxy) is 2. The number of allylic oxidation sites excluding steroid dienone is 1. The van der Waals surface area contributed by atoms with E-state index in [0.717, 1.165) is 13.4 Å². The fourth-order valence-corrected chi connectivity index (χ4v) is 4.41. The van der Waals surface area contributed by atoms with Gasteiger partial charge in [0.25, 0.3) is 0 Å². The highest BCUT2D eigenvalue weighted by atomic mass is 79.9. The lowest BCUT2D eigenvalue weighted by molar-refractivity contribution is -0.138. The average Bonchev–Trinajstić information content (AvgIpc) is 2.45. The zero-order chi connectivity index (χ0) is 15.4. The summed E-state index contributed by atoms with van der Waals surface area (Å²) in [6.45, 7) is 1.91. The van der Waals surface area contributed by atoms with Crippen LogP contribution in [0.3, 0.4) is 0 Å². The summed E-state index contributed by atoms with van der Waals surface area (Å²) in [6, 6.07) is 0. The summed E-state index contributed by atoms with van der Waals surface area (Å²) in [4.78, 5) is 11.7. The van der Waals surface area contributed by atoms with Gasteiger partial charge in [-0.05, 0) is 92.1 Å². The Kier molecular flexibility index (Phi) is 7.76. The number of methoxy groups -OCH3 is 1. The van der Waals surface area contributed by atoms with Crippen LogP contribution in [0.1, 0.15) is 13.3 Å². The smallest absolute Gasteiger partial charge is 0.373 e. The lowest BCUT2D eigenvalue weighted by atomic mass is 10.3. The van der Waals surface area contributed by atoms with Crippen LogP contribution in [0, 0.1) is 0 Å². The molecule has 0 spiro atoms. The Balaban J connectivity index is 3.34. The second-order valence-electron chi connectivity index (χ2n) is 3.47. The molecule has 0 fully saturated rings. The fourth-order valence-electron chi connectivity index (χ4n) is 1.24. The van der Waals surface area contributed by atoms with Gasteiger partial charge in [-0.25, -0.2) is 4.79 Å². The van der Waals surface area contributed by atoms with Gasteiger partial charge in [0.2, 0.25) is 5.76 Å². The van der Waals surface area contributed by atoms with Crippen LogP contribution in [0.15, 0.2) is 34.2 Å². The molecule has 0 N–H and O–H groups in total. The highest BCUT2D eigenvalue weighted by Crippen LogP contribution is 2.49. The van der Waals surface area contributed by atoms with Gasteiger partial charge in [-0.1, -0.05) is 6.92 Å². The normalized spacial score (nSPS) is 11.4. The Bertz CT molecular complexity index is 540. The molecule has 0 amide bonds. The van der Waals surface area contributed by atoms with Crippen molar-refractivity contribution >= 4 is 85.6 Å². The lowest BCUT2D eigenvalue weighted by Crippen LogP contribution is -2.11. The molecule has 0 radical (unpaired) electrons. The molecule has 0 bridgehead atoms. The fraction of sp³-hybridized carbons (Fsp3) is 0.250. The van der Waals surface area contributed by atoms with E-state index in [0.29, 0.717) is 21.1 Å². The molecule has 20 heavy (non-hydrogen) atoms. The zero-order valence-corrected chi connectivity index (χ0v) is 18.3. The van der Waals surface area contributed by atoms with Crippen LogP contribution in [0.25, 0.3) is 0 Å². The third kappa shape index (κ3) is 4.09. The van der Waals surface area contributed by atoms with Crippen LogP contribution in [0.5, 0.6) is 5.75 Å². The summed E-state index contributed by atoms with van der Waals surface area (Å²) in [5, 5.41) is 0. The highest BCUT2D eigenvalue weighted by Gasteiger charge is 2.22. The van der Waals surface area contributed by atoms with Gasteiger partial charge >= 0.3 is 5.97 Å². The Morgan fingerprint density at radius 1 is 1.00 bits per heavy atom. The van der Waals surface area contributed by atoms with E-state index in [1.807, 2.05) is 6.92 Å². The van der Waals surface area contributed by atoms with Gasteiger partial charge in [0, 0.05) is 4.47 Å². The predicted molar refractivity (Wildman–Crippen MR) is 96.0 cm³/mol. The van der Waals surface area contributed by atoms with E-state index in [1.54, 1.807) is 6.08 Å². The van der Waals surface area contributed by atoms with Gasteiger partial charge in [-0.15, -0.1) is 0 Å². The minimum Gasteiger partial charge on any atom is -0.463 e. The first-order valence-corrected chi connectivity index (χ1v) is 9.29. The molecular formula is C12H9Br5O3. The van der Waals surface area contributed by atoms with Crippen LogP contribution in [-0.2, 0) is 9.53 Å². The van der Waals surface area contributed by atoms with Gasteiger partial charge in [0.05, 0.1) is 25.0 Å². The average molecular weight is 601 g/mol. The second kappa shape index (κ2) is 8.31.